The number of carbonyl (C=O) groups excluding carboxylic acids is 2. The van der Waals surface area contributed by atoms with Gasteiger partial charge in [0.1, 0.15) is 5.76 Å². The average Bonchev–Trinajstić information content (AvgIpc) is 2.69. The van der Waals surface area contributed by atoms with E-state index in [0.717, 1.165) is 12.1 Å². The van der Waals surface area contributed by atoms with E-state index in [4.69, 9.17) is 10.3 Å². The molecule has 1 aromatic rings. The molecule has 1 aromatic heterocycles. The van der Waals surface area contributed by atoms with E-state index in [1.165, 1.54) is 0 Å². The van der Waals surface area contributed by atoms with Crippen molar-refractivity contribution in [3.8, 4) is 0 Å². The molecule has 0 bridgehead atoms. The molecule has 1 aliphatic rings. The first-order valence-corrected chi connectivity index (χ1v) is 5.69. The molecule has 18 heavy (non-hydrogen) atoms. The topological polar surface area (TPSA) is 101 Å². The summed E-state index contributed by atoms with van der Waals surface area (Å²) in [5.41, 5.74) is 2.77. The van der Waals surface area contributed by atoms with Crippen molar-refractivity contribution in [2.75, 3.05) is 19.6 Å². The number of hydrazine groups is 1. The zero-order valence-electron chi connectivity index (χ0n) is 10.2. The highest BCUT2D eigenvalue weighted by atomic mass is 16.4. The van der Waals surface area contributed by atoms with Gasteiger partial charge in [-0.1, -0.05) is 0 Å². The largest absolute Gasteiger partial charge is 0.454 e. The lowest BCUT2D eigenvalue weighted by Gasteiger charge is -2.25. The van der Waals surface area contributed by atoms with Gasteiger partial charge < -0.3 is 9.73 Å². The SMILES string of the molecule is Cc1cc(CN2CCNC(=O)C2)oc1C(=O)NN. The van der Waals surface area contributed by atoms with Crippen LogP contribution in [0.1, 0.15) is 21.9 Å². The van der Waals surface area contributed by atoms with Crippen molar-refractivity contribution in [2.45, 2.75) is 13.5 Å². The van der Waals surface area contributed by atoms with Gasteiger partial charge in [0.05, 0.1) is 13.1 Å². The van der Waals surface area contributed by atoms with E-state index in [9.17, 15) is 9.59 Å². The van der Waals surface area contributed by atoms with Crippen LogP contribution in [0.3, 0.4) is 0 Å². The quantitative estimate of drug-likeness (QED) is 0.368. The number of nitrogens with two attached hydrogens (primary N) is 1. The Labute approximate surface area is 104 Å². The molecule has 1 saturated heterocycles. The molecule has 4 N–H and O–H groups in total. The normalized spacial score (nSPS) is 16.4. The third-order valence-corrected chi connectivity index (χ3v) is 2.80. The second kappa shape index (κ2) is 5.19. The highest BCUT2D eigenvalue weighted by Crippen LogP contribution is 2.16. The van der Waals surface area contributed by atoms with Crippen LogP contribution in [0.5, 0.6) is 0 Å². The van der Waals surface area contributed by atoms with E-state index in [-0.39, 0.29) is 11.7 Å². The maximum atomic E-state index is 11.4. The molecule has 0 radical (unpaired) electrons. The molecule has 2 heterocycles. The van der Waals surface area contributed by atoms with Crippen LogP contribution in [-0.2, 0) is 11.3 Å². The lowest BCUT2D eigenvalue weighted by Crippen LogP contribution is -2.47. The Bertz CT molecular complexity index is 469. The number of nitrogens with zero attached hydrogens (tertiary/aromatic N) is 1. The van der Waals surface area contributed by atoms with E-state index in [0.29, 0.717) is 25.4 Å². The van der Waals surface area contributed by atoms with Crippen molar-refractivity contribution in [1.29, 1.82) is 0 Å². The second-order valence-electron chi connectivity index (χ2n) is 4.26. The maximum absolute atomic E-state index is 11.4. The Morgan fingerprint density at radius 3 is 3.11 bits per heavy atom. The van der Waals surface area contributed by atoms with Crippen LogP contribution in [0, 0.1) is 6.92 Å². The molecular weight excluding hydrogens is 236 g/mol. The minimum absolute atomic E-state index is 0.00412. The predicted molar refractivity (Wildman–Crippen MR) is 63.4 cm³/mol. The fourth-order valence-corrected chi connectivity index (χ4v) is 1.96. The van der Waals surface area contributed by atoms with Gasteiger partial charge in [0.2, 0.25) is 5.91 Å². The molecule has 0 spiro atoms. The third kappa shape index (κ3) is 2.69. The molecule has 7 nitrogen and oxygen atoms in total. The number of amides is 2. The Morgan fingerprint density at radius 1 is 1.67 bits per heavy atom. The van der Waals surface area contributed by atoms with Crippen LogP contribution in [0.25, 0.3) is 0 Å². The van der Waals surface area contributed by atoms with E-state index in [1.807, 2.05) is 10.3 Å². The molecule has 0 unspecified atom stereocenters. The molecule has 0 atom stereocenters. The van der Waals surface area contributed by atoms with Gasteiger partial charge >= 0.3 is 5.91 Å². The van der Waals surface area contributed by atoms with Crippen LogP contribution in [0.15, 0.2) is 10.5 Å². The Morgan fingerprint density at radius 2 is 2.44 bits per heavy atom. The first kappa shape index (κ1) is 12.6. The monoisotopic (exact) mass is 252 g/mol. The summed E-state index contributed by atoms with van der Waals surface area (Å²) < 4.78 is 5.44. The van der Waals surface area contributed by atoms with E-state index in [1.54, 1.807) is 13.0 Å². The summed E-state index contributed by atoms with van der Waals surface area (Å²) in [6.45, 7) is 4.03. The number of nitrogens with one attached hydrogen (secondary N) is 2. The van der Waals surface area contributed by atoms with Crippen molar-refractivity contribution in [3.05, 3.63) is 23.2 Å². The number of nitrogen functional groups attached to an aromatic ring is 1. The van der Waals surface area contributed by atoms with E-state index < -0.39 is 5.91 Å². The van der Waals surface area contributed by atoms with Crippen molar-refractivity contribution in [2.24, 2.45) is 5.84 Å². The van der Waals surface area contributed by atoms with Crippen LogP contribution in [-0.4, -0.2) is 36.3 Å². The predicted octanol–water partition coefficient (Wildman–Crippen LogP) is -0.877. The fourth-order valence-electron chi connectivity index (χ4n) is 1.96. The molecule has 2 amide bonds. The van der Waals surface area contributed by atoms with Crippen LogP contribution in [0.4, 0.5) is 0 Å². The summed E-state index contributed by atoms with van der Waals surface area (Å²) in [5, 5.41) is 2.75. The average molecular weight is 252 g/mol. The molecule has 0 aliphatic carbocycles. The second-order valence-corrected chi connectivity index (χ2v) is 4.26. The minimum atomic E-state index is -0.449. The first-order valence-electron chi connectivity index (χ1n) is 5.69. The zero-order chi connectivity index (χ0) is 13.1. The van der Waals surface area contributed by atoms with E-state index in [2.05, 4.69) is 5.32 Å². The molecule has 0 aromatic carbocycles. The van der Waals surface area contributed by atoms with Gasteiger partial charge in [0, 0.05) is 18.7 Å². The summed E-state index contributed by atoms with van der Waals surface area (Å²) in [6, 6.07) is 1.79. The Hall–Kier alpha value is -1.86. The number of aryl methyl sites for hydroxylation is 1. The molecule has 2 rings (SSSR count). The number of carbonyl (C=O) groups is 2. The van der Waals surface area contributed by atoms with Crippen molar-refractivity contribution in [3.63, 3.8) is 0 Å². The smallest absolute Gasteiger partial charge is 0.301 e. The summed E-state index contributed by atoms with van der Waals surface area (Å²) in [7, 11) is 0. The van der Waals surface area contributed by atoms with Crippen LogP contribution < -0.4 is 16.6 Å². The summed E-state index contributed by atoms with van der Waals surface area (Å²) in [6.07, 6.45) is 0. The van der Waals surface area contributed by atoms with E-state index >= 15 is 0 Å². The van der Waals surface area contributed by atoms with Gasteiger partial charge in [0.15, 0.2) is 5.76 Å². The molecule has 1 aliphatic heterocycles. The summed E-state index contributed by atoms with van der Waals surface area (Å²) >= 11 is 0. The number of rotatable bonds is 3. The van der Waals surface area contributed by atoms with Crippen LogP contribution in [0.2, 0.25) is 0 Å². The van der Waals surface area contributed by atoms with Crippen molar-refractivity contribution >= 4 is 11.8 Å². The van der Waals surface area contributed by atoms with Gasteiger partial charge in [0.25, 0.3) is 0 Å². The molecule has 98 valence electrons. The van der Waals surface area contributed by atoms with Gasteiger partial charge in [-0.15, -0.1) is 0 Å². The standard InChI is InChI=1S/C11H16N4O3/c1-7-4-8(18-10(7)11(17)14-12)5-15-3-2-13-9(16)6-15/h4H,2-3,5-6,12H2,1H3,(H,13,16)(H,14,17). The van der Waals surface area contributed by atoms with Gasteiger partial charge in [-0.3, -0.25) is 19.9 Å². The highest BCUT2D eigenvalue weighted by Gasteiger charge is 2.20. The first-order chi connectivity index (χ1) is 8.60. The Kier molecular flexibility index (Phi) is 3.63. The number of furan rings is 1. The highest BCUT2D eigenvalue weighted by molar-refractivity contribution is 5.92. The zero-order valence-corrected chi connectivity index (χ0v) is 10.2. The van der Waals surface area contributed by atoms with Crippen LogP contribution >= 0.6 is 0 Å². The third-order valence-electron chi connectivity index (χ3n) is 2.80. The fraction of sp³-hybridized carbons (Fsp3) is 0.455. The summed E-state index contributed by atoms with van der Waals surface area (Å²) in [5.74, 6) is 5.49. The van der Waals surface area contributed by atoms with Gasteiger partial charge in [-0.25, -0.2) is 5.84 Å². The maximum Gasteiger partial charge on any atom is 0.301 e. The van der Waals surface area contributed by atoms with Crippen molar-refractivity contribution in [1.82, 2.24) is 15.6 Å². The number of hydrogen-bond acceptors (Lipinski definition) is 5. The summed E-state index contributed by atoms with van der Waals surface area (Å²) in [4.78, 5) is 24.6. The number of hydrogen-bond donors (Lipinski definition) is 3. The minimum Gasteiger partial charge on any atom is -0.454 e. The van der Waals surface area contributed by atoms with Crippen molar-refractivity contribution < 1.29 is 14.0 Å². The lowest BCUT2D eigenvalue weighted by atomic mass is 10.2. The molecule has 0 saturated carbocycles. The number of piperazine rings is 1. The molecule has 7 heteroatoms. The van der Waals surface area contributed by atoms with Gasteiger partial charge in [-0.05, 0) is 13.0 Å². The lowest BCUT2D eigenvalue weighted by molar-refractivity contribution is -0.124. The Balaban J connectivity index is 2.05. The molecular formula is C11H16N4O3. The van der Waals surface area contributed by atoms with Gasteiger partial charge in [-0.2, -0.15) is 0 Å². The molecule has 1 fully saturated rings.